The lowest BCUT2D eigenvalue weighted by molar-refractivity contribution is -0.255. The van der Waals surface area contributed by atoms with Crippen molar-refractivity contribution in [1.29, 1.82) is 0 Å². The molecule has 94 valence electrons. The van der Waals surface area contributed by atoms with E-state index < -0.39 is 18.1 Å². The minimum atomic E-state index is -3.82. The van der Waals surface area contributed by atoms with Gasteiger partial charge in [-0.2, -0.15) is 8.78 Å². The fourth-order valence-electron chi connectivity index (χ4n) is 2.07. The zero-order valence-electron chi connectivity index (χ0n) is 9.34. The van der Waals surface area contributed by atoms with Gasteiger partial charge in [-0.1, -0.05) is 26.2 Å². The topological polar surface area (TPSA) is 64.3 Å². The number of halogens is 2. The van der Waals surface area contributed by atoms with Gasteiger partial charge in [0.25, 0.3) is 0 Å². The van der Waals surface area contributed by atoms with Crippen molar-refractivity contribution in [2.75, 3.05) is 0 Å². The maximum atomic E-state index is 13.1. The molecule has 6 heteroatoms. The normalized spacial score (nSPS) is 26.5. The van der Waals surface area contributed by atoms with E-state index in [2.05, 4.69) is 10.6 Å². The SMILES string of the molecule is CCC1CCCC(OC(F)(F)C(=O)NN)C1. The summed E-state index contributed by atoms with van der Waals surface area (Å²) >= 11 is 0. The Morgan fingerprint density at radius 2 is 2.25 bits per heavy atom. The van der Waals surface area contributed by atoms with Gasteiger partial charge in [0, 0.05) is 0 Å². The predicted molar refractivity (Wildman–Crippen MR) is 54.4 cm³/mol. The number of nitrogens with two attached hydrogens (primary N) is 1. The van der Waals surface area contributed by atoms with E-state index in [-0.39, 0.29) is 0 Å². The Morgan fingerprint density at radius 3 is 2.81 bits per heavy atom. The Morgan fingerprint density at radius 1 is 1.56 bits per heavy atom. The zero-order chi connectivity index (χ0) is 12.2. The molecule has 16 heavy (non-hydrogen) atoms. The third kappa shape index (κ3) is 3.38. The Labute approximate surface area is 93.5 Å². The molecule has 1 fully saturated rings. The second kappa shape index (κ2) is 5.54. The highest BCUT2D eigenvalue weighted by atomic mass is 19.3. The average Bonchev–Trinajstić information content (AvgIpc) is 2.27. The van der Waals surface area contributed by atoms with Gasteiger partial charge in [-0.05, 0) is 18.8 Å². The number of alkyl halides is 2. The summed E-state index contributed by atoms with van der Waals surface area (Å²) in [6.07, 6.45) is -0.350. The van der Waals surface area contributed by atoms with Gasteiger partial charge in [0.2, 0.25) is 0 Å². The number of amides is 1. The molecule has 0 aromatic carbocycles. The van der Waals surface area contributed by atoms with E-state index in [9.17, 15) is 13.6 Å². The van der Waals surface area contributed by atoms with Crippen molar-refractivity contribution in [3.8, 4) is 0 Å². The number of carbonyl (C=O) groups excluding carboxylic acids is 1. The Kier molecular flexibility index (Phi) is 4.61. The summed E-state index contributed by atoms with van der Waals surface area (Å²) in [6.45, 7) is 2.03. The minimum absolute atomic E-state index is 0.412. The van der Waals surface area contributed by atoms with Crippen LogP contribution in [0.1, 0.15) is 39.0 Å². The molecule has 1 saturated carbocycles. The first-order chi connectivity index (χ1) is 7.49. The zero-order valence-corrected chi connectivity index (χ0v) is 9.34. The maximum absolute atomic E-state index is 13.1. The van der Waals surface area contributed by atoms with Crippen LogP contribution in [0.4, 0.5) is 8.78 Å². The van der Waals surface area contributed by atoms with Gasteiger partial charge in [0.05, 0.1) is 6.10 Å². The van der Waals surface area contributed by atoms with Crippen LogP contribution in [-0.2, 0) is 9.53 Å². The summed E-state index contributed by atoms with van der Waals surface area (Å²) in [5, 5.41) is 0. The summed E-state index contributed by atoms with van der Waals surface area (Å²) in [5.41, 5.74) is 1.41. The van der Waals surface area contributed by atoms with Crippen LogP contribution in [0.2, 0.25) is 0 Å². The highest BCUT2D eigenvalue weighted by Gasteiger charge is 2.43. The molecule has 0 aliphatic heterocycles. The van der Waals surface area contributed by atoms with Crippen molar-refractivity contribution in [2.24, 2.45) is 11.8 Å². The van der Waals surface area contributed by atoms with Crippen LogP contribution in [0.5, 0.6) is 0 Å². The van der Waals surface area contributed by atoms with Crippen molar-refractivity contribution in [3.05, 3.63) is 0 Å². The number of hydrazine groups is 1. The number of nitrogens with one attached hydrogen (secondary N) is 1. The number of carbonyl (C=O) groups is 1. The van der Waals surface area contributed by atoms with Crippen LogP contribution >= 0.6 is 0 Å². The third-order valence-corrected chi connectivity index (χ3v) is 3.02. The highest BCUT2D eigenvalue weighted by molar-refractivity contribution is 5.81. The summed E-state index contributed by atoms with van der Waals surface area (Å²) in [4.78, 5) is 10.7. The van der Waals surface area contributed by atoms with Crippen LogP contribution in [0.25, 0.3) is 0 Å². The fourth-order valence-corrected chi connectivity index (χ4v) is 2.07. The second-order valence-electron chi connectivity index (χ2n) is 4.17. The molecule has 1 amide bonds. The van der Waals surface area contributed by atoms with Crippen molar-refractivity contribution >= 4 is 5.91 Å². The molecule has 1 aliphatic carbocycles. The number of hydrogen-bond donors (Lipinski definition) is 2. The molecule has 1 aliphatic rings. The minimum Gasteiger partial charge on any atom is -0.309 e. The van der Waals surface area contributed by atoms with Crippen LogP contribution in [0, 0.1) is 5.92 Å². The molecule has 1 rings (SSSR count). The van der Waals surface area contributed by atoms with E-state index >= 15 is 0 Å². The van der Waals surface area contributed by atoms with E-state index in [1.54, 1.807) is 0 Å². The van der Waals surface area contributed by atoms with Gasteiger partial charge in [-0.25, -0.2) is 5.84 Å². The van der Waals surface area contributed by atoms with Gasteiger partial charge in [-0.3, -0.25) is 10.2 Å². The third-order valence-electron chi connectivity index (χ3n) is 3.02. The molecule has 2 atom stereocenters. The molecule has 0 saturated heterocycles. The second-order valence-corrected chi connectivity index (χ2v) is 4.17. The van der Waals surface area contributed by atoms with Crippen molar-refractivity contribution in [2.45, 2.75) is 51.2 Å². The quantitative estimate of drug-likeness (QED) is 0.442. The molecule has 0 bridgehead atoms. The molecular formula is C10H18F2N2O2. The molecule has 0 spiro atoms. The fraction of sp³-hybridized carbons (Fsp3) is 0.900. The largest absolute Gasteiger partial charge is 0.438 e. The van der Waals surface area contributed by atoms with Crippen molar-refractivity contribution in [1.82, 2.24) is 5.43 Å². The van der Waals surface area contributed by atoms with Crippen molar-refractivity contribution in [3.63, 3.8) is 0 Å². The van der Waals surface area contributed by atoms with E-state index in [4.69, 9.17) is 0 Å². The van der Waals surface area contributed by atoms with Gasteiger partial charge >= 0.3 is 12.0 Å². The predicted octanol–water partition coefficient (Wildman–Crippen LogP) is 1.55. The molecule has 0 aromatic heterocycles. The first-order valence-electron chi connectivity index (χ1n) is 5.56. The lowest BCUT2D eigenvalue weighted by Gasteiger charge is -2.30. The molecule has 2 unspecified atom stereocenters. The number of rotatable bonds is 4. The molecule has 4 nitrogen and oxygen atoms in total. The monoisotopic (exact) mass is 236 g/mol. The molecule has 0 aromatic rings. The summed E-state index contributed by atoms with van der Waals surface area (Å²) in [7, 11) is 0. The summed E-state index contributed by atoms with van der Waals surface area (Å²) < 4.78 is 30.8. The van der Waals surface area contributed by atoms with E-state index in [1.165, 1.54) is 5.43 Å². The first kappa shape index (κ1) is 13.3. The van der Waals surface area contributed by atoms with E-state index in [1.807, 2.05) is 6.92 Å². The van der Waals surface area contributed by atoms with Crippen LogP contribution < -0.4 is 11.3 Å². The van der Waals surface area contributed by atoms with Crippen LogP contribution in [0.15, 0.2) is 0 Å². The molecule has 3 N–H and O–H groups in total. The van der Waals surface area contributed by atoms with E-state index in [0.717, 1.165) is 19.3 Å². The lowest BCUT2D eigenvalue weighted by Crippen LogP contribution is -2.47. The van der Waals surface area contributed by atoms with Crippen LogP contribution in [-0.4, -0.2) is 18.1 Å². The van der Waals surface area contributed by atoms with Gasteiger partial charge in [0.1, 0.15) is 0 Å². The van der Waals surface area contributed by atoms with Gasteiger partial charge in [-0.15, -0.1) is 0 Å². The number of ether oxygens (including phenoxy) is 1. The maximum Gasteiger partial charge on any atom is 0.438 e. The summed E-state index contributed by atoms with van der Waals surface area (Å²) in [5.74, 6) is 3.48. The van der Waals surface area contributed by atoms with Gasteiger partial charge in [0.15, 0.2) is 0 Å². The molecule has 0 radical (unpaired) electrons. The van der Waals surface area contributed by atoms with Crippen molar-refractivity contribution < 1.29 is 18.3 Å². The first-order valence-corrected chi connectivity index (χ1v) is 5.56. The smallest absolute Gasteiger partial charge is 0.309 e. The Balaban J connectivity index is 2.49. The van der Waals surface area contributed by atoms with Crippen LogP contribution in [0.3, 0.4) is 0 Å². The van der Waals surface area contributed by atoms with Gasteiger partial charge < -0.3 is 4.74 Å². The number of hydrogen-bond acceptors (Lipinski definition) is 3. The standard InChI is InChI=1S/C10H18F2N2O2/c1-2-7-4-3-5-8(6-7)16-10(11,12)9(15)14-13/h7-8H,2-6,13H2,1H3,(H,14,15). The lowest BCUT2D eigenvalue weighted by atomic mass is 9.85. The molecular weight excluding hydrogens is 218 g/mol. The highest BCUT2D eigenvalue weighted by Crippen LogP contribution is 2.31. The average molecular weight is 236 g/mol. The molecule has 0 heterocycles. The van der Waals surface area contributed by atoms with E-state index in [0.29, 0.717) is 18.8 Å². The Bertz CT molecular complexity index is 249. The summed E-state index contributed by atoms with van der Waals surface area (Å²) in [6, 6.07) is 0. The Hall–Kier alpha value is -0.750.